The third-order valence-electron chi connectivity index (χ3n) is 3.42. The van der Waals surface area contributed by atoms with Gasteiger partial charge in [-0.05, 0) is 31.7 Å². The minimum atomic E-state index is -0.275. The Hall–Kier alpha value is -1.89. The summed E-state index contributed by atoms with van der Waals surface area (Å²) in [5.74, 6) is 1.26. The van der Waals surface area contributed by atoms with Crippen molar-refractivity contribution in [3.05, 3.63) is 12.1 Å². The van der Waals surface area contributed by atoms with Gasteiger partial charge in [0.05, 0.1) is 7.11 Å². The smallest absolute Gasteiger partial charge is 0.320 e. The Balaban J connectivity index is 1.81. The summed E-state index contributed by atoms with van der Waals surface area (Å²) in [7, 11) is 1.51. The summed E-state index contributed by atoms with van der Waals surface area (Å²) in [6.07, 6.45) is 1.95. The van der Waals surface area contributed by atoms with E-state index < -0.39 is 0 Å². The fourth-order valence-electron chi connectivity index (χ4n) is 2.19. The quantitative estimate of drug-likeness (QED) is 0.871. The number of ether oxygens (including phenoxy) is 2. The van der Waals surface area contributed by atoms with Gasteiger partial charge in [0, 0.05) is 25.3 Å². The van der Waals surface area contributed by atoms with E-state index in [1.165, 1.54) is 7.11 Å². The monoisotopic (exact) mass is 280 g/mol. The SMILES string of the molecule is COc1ccc(NC(=O)N[C@@H](C)C2CCOCC2)nn1. The van der Waals surface area contributed by atoms with Gasteiger partial charge in [0.15, 0.2) is 5.82 Å². The van der Waals surface area contributed by atoms with Crippen molar-refractivity contribution in [3.63, 3.8) is 0 Å². The highest BCUT2D eigenvalue weighted by Gasteiger charge is 2.21. The largest absolute Gasteiger partial charge is 0.480 e. The molecule has 1 atom stereocenters. The van der Waals surface area contributed by atoms with Gasteiger partial charge in [-0.15, -0.1) is 10.2 Å². The summed E-state index contributed by atoms with van der Waals surface area (Å²) in [5, 5.41) is 13.2. The third-order valence-corrected chi connectivity index (χ3v) is 3.42. The van der Waals surface area contributed by atoms with E-state index in [1.807, 2.05) is 6.92 Å². The summed E-state index contributed by atoms with van der Waals surface area (Å²) >= 11 is 0. The molecule has 0 aromatic carbocycles. The van der Waals surface area contributed by atoms with Crippen molar-refractivity contribution in [2.24, 2.45) is 5.92 Å². The first-order chi connectivity index (χ1) is 9.69. The maximum Gasteiger partial charge on any atom is 0.320 e. The van der Waals surface area contributed by atoms with E-state index in [0.717, 1.165) is 26.1 Å². The number of nitrogens with one attached hydrogen (secondary N) is 2. The van der Waals surface area contributed by atoms with Gasteiger partial charge in [-0.1, -0.05) is 0 Å². The van der Waals surface area contributed by atoms with Crippen molar-refractivity contribution in [1.29, 1.82) is 0 Å². The Labute approximate surface area is 118 Å². The standard InChI is InChI=1S/C13H20N4O3/c1-9(10-5-7-20-8-6-10)14-13(18)15-11-3-4-12(19-2)17-16-11/h3-4,9-10H,5-8H2,1-2H3,(H2,14,15,16,18)/t9-/m0/s1. The second-order valence-corrected chi connectivity index (χ2v) is 4.80. The van der Waals surface area contributed by atoms with Crippen LogP contribution in [0.25, 0.3) is 0 Å². The molecule has 0 spiro atoms. The number of urea groups is 1. The lowest BCUT2D eigenvalue weighted by molar-refractivity contribution is 0.0573. The van der Waals surface area contributed by atoms with E-state index in [-0.39, 0.29) is 12.1 Å². The number of nitrogens with zero attached hydrogens (tertiary/aromatic N) is 2. The van der Waals surface area contributed by atoms with E-state index in [0.29, 0.717) is 17.6 Å². The Bertz CT molecular complexity index is 432. The number of hydrogen-bond acceptors (Lipinski definition) is 5. The van der Waals surface area contributed by atoms with Crippen LogP contribution >= 0.6 is 0 Å². The van der Waals surface area contributed by atoms with Gasteiger partial charge >= 0.3 is 6.03 Å². The number of amides is 2. The Morgan fingerprint density at radius 1 is 1.40 bits per heavy atom. The summed E-state index contributed by atoms with van der Waals surface area (Å²) in [6, 6.07) is 3.11. The van der Waals surface area contributed by atoms with Crippen LogP contribution in [0.1, 0.15) is 19.8 Å². The molecule has 0 unspecified atom stereocenters. The molecule has 2 N–H and O–H groups in total. The average molecular weight is 280 g/mol. The van der Waals surface area contributed by atoms with Crippen LogP contribution in [0.2, 0.25) is 0 Å². The molecule has 1 aromatic heterocycles. The Morgan fingerprint density at radius 2 is 2.15 bits per heavy atom. The molecule has 2 rings (SSSR count). The van der Waals surface area contributed by atoms with E-state index in [9.17, 15) is 4.79 Å². The van der Waals surface area contributed by atoms with Crippen molar-refractivity contribution in [2.75, 3.05) is 25.6 Å². The minimum Gasteiger partial charge on any atom is -0.480 e. The zero-order valence-corrected chi connectivity index (χ0v) is 11.8. The van der Waals surface area contributed by atoms with Gasteiger partial charge in [0.25, 0.3) is 0 Å². The lowest BCUT2D eigenvalue weighted by Gasteiger charge is -2.28. The fraction of sp³-hybridized carbons (Fsp3) is 0.615. The third kappa shape index (κ3) is 4.06. The van der Waals surface area contributed by atoms with Crippen molar-refractivity contribution in [2.45, 2.75) is 25.8 Å². The van der Waals surface area contributed by atoms with E-state index in [1.54, 1.807) is 12.1 Å². The van der Waals surface area contributed by atoms with Crippen molar-refractivity contribution < 1.29 is 14.3 Å². The molecule has 110 valence electrons. The number of methoxy groups -OCH3 is 1. The highest BCUT2D eigenvalue weighted by atomic mass is 16.5. The van der Waals surface area contributed by atoms with Gasteiger partial charge in [-0.3, -0.25) is 5.32 Å². The topological polar surface area (TPSA) is 85.4 Å². The number of carbonyl (C=O) groups is 1. The van der Waals surface area contributed by atoms with Gasteiger partial charge in [-0.2, -0.15) is 0 Å². The first-order valence-electron chi connectivity index (χ1n) is 6.72. The molecular formula is C13H20N4O3. The predicted octanol–water partition coefficient (Wildman–Crippen LogP) is 1.42. The van der Waals surface area contributed by atoms with Crippen LogP contribution in [0, 0.1) is 5.92 Å². The van der Waals surface area contributed by atoms with E-state index in [2.05, 4.69) is 20.8 Å². The zero-order valence-electron chi connectivity index (χ0n) is 11.8. The second kappa shape index (κ2) is 7.04. The maximum absolute atomic E-state index is 11.9. The first kappa shape index (κ1) is 14.5. The van der Waals surface area contributed by atoms with Crippen LogP contribution in [0.4, 0.5) is 10.6 Å². The van der Waals surface area contributed by atoms with Gasteiger partial charge in [0.1, 0.15) is 0 Å². The van der Waals surface area contributed by atoms with Crippen molar-refractivity contribution >= 4 is 11.8 Å². The summed E-state index contributed by atoms with van der Waals surface area (Å²) in [4.78, 5) is 11.9. The molecule has 7 heteroatoms. The van der Waals surface area contributed by atoms with Crippen LogP contribution in [-0.2, 0) is 4.74 Å². The molecule has 0 bridgehead atoms. The van der Waals surface area contributed by atoms with E-state index >= 15 is 0 Å². The molecule has 1 fully saturated rings. The molecule has 0 radical (unpaired) electrons. The number of anilines is 1. The van der Waals surface area contributed by atoms with Crippen molar-refractivity contribution in [1.82, 2.24) is 15.5 Å². The summed E-state index contributed by atoms with van der Waals surface area (Å²) in [5.41, 5.74) is 0. The summed E-state index contributed by atoms with van der Waals surface area (Å²) in [6.45, 7) is 3.54. The van der Waals surface area contributed by atoms with E-state index in [4.69, 9.17) is 9.47 Å². The molecule has 2 amide bonds. The lowest BCUT2D eigenvalue weighted by Crippen LogP contribution is -2.42. The fourth-order valence-corrected chi connectivity index (χ4v) is 2.19. The van der Waals surface area contributed by atoms with Crippen LogP contribution in [0.3, 0.4) is 0 Å². The van der Waals surface area contributed by atoms with Crippen LogP contribution in [-0.4, -0.2) is 42.6 Å². The molecule has 20 heavy (non-hydrogen) atoms. The van der Waals surface area contributed by atoms with Crippen LogP contribution in [0.5, 0.6) is 5.88 Å². The zero-order chi connectivity index (χ0) is 14.4. The highest BCUT2D eigenvalue weighted by Crippen LogP contribution is 2.18. The number of aromatic nitrogens is 2. The molecule has 1 aliphatic rings. The molecular weight excluding hydrogens is 260 g/mol. The predicted molar refractivity (Wildman–Crippen MR) is 73.7 cm³/mol. The highest BCUT2D eigenvalue weighted by molar-refractivity contribution is 5.88. The van der Waals surface area contributed by atoms with Gasteiger partial charge in [-0.25, -0.2) is 4.79 Å². The van der Waals surface area contributed by atoms with Gasteiger partial charge < -0.3 is 14.8 Å². The Morgan fingerprint density at radius 3 is 2.75 bits per heavy atom. The van der Waals surface area contributed by atoms with Crippen molar-refractivity contribution in [3.8, 4) is 5.88 Å². The Kier molecular flexibility index (Phi) is 5.11. The lowest BCUT2D eigenvalue weighted by atomic mass is 9.93. The molecule has 1 aromatic rings. The molecule has 1 aliphatic heterocycles. The summed E-state index contributed by atoms with van der Waals surface area (Å²) < 4.78 is 10.2. The molecule has 0 saturated carbocycles. The number of carbonyl (C=O) groups excluding carboxylic acids is 1. The molecule has 0 aliphatic carbocycles. The van der Waals surface area contributed by atoms with Crippen LogP contribution in [0.15, 0.2) is 12.1 Å². The maximum atomic E-state index is 11.9. The average Bonchev–Trinajstić information content (AvgIpc) is 2.49. The van der Waals surface area contributed by atoms with Crippen LogP contribution < -0.4 is 15.4 Å². The van der Waals surface area contributed by atoms with Gasteiger partial charge in [0.2, 0.25) is 5.88 Å². The number of rotatable bonds is 4. The second-order valence-electron chi connectivity index (χ2n) is 4.80. The molecule has 1 saturated heterocycles. The molecule has 7 nitrogen and oxygen atoms in total. The first-order valence-corrected chi connectivity index (χ1v) is 6.72. The normalized spacial score (nSPS) is 17.3. The minimum absolute atomic E-state index is 0.102. The molecule has 2 heterocycles. The number of hydrogen-bond donors (Lipinski definition) is 2.